The smallest absolute Gasteiger partial charge is 0.271 e. The van der Waals surface area contributed by atoms with Gasteiger partial charge in [-0.25, -0.2) is 5.84 Å². The molecule has 0 spiro atoms. The predicted molar refractivity (Wildman–Crippen MR) is 65.9 cm³/mol. The van der Waals surface area contributed by atoms with Gasteiger partial charge < -0.3 is 9.64 Å². The third-order valence-corrected chi connectivity index (χ3v) is 2.73. The SMILES string of the molecule is NNC(=O)COc1cccc(N2CCCC2=O)c1. The minimum atomic E-state index is -0.405. The standard InChI is InChI=1S/C12H15N3O3/c13-14-11(16)8-18-10-4-1-3-9(7-10)15-6-2-5-12(15)17/h1,3-4,7H,2,5-6,8,13H2,(H,14,16). The molecule has 1 aromatic rings. The van der Waals surface area contributed by atoms with Gasteiger partial charge in [0, 0.05) is 24.7 Å². The summed E-state index contributed by atoms with van der Waals surface area (Å²) in [6.07, 6.45) is 1.46. The van der Waals surface area contributed by atoms with Gasteiger partial charge in [0.25, 0.3) is 5.91 Å². The van der Waals surface area contributed by atoms with Crippen molar-refractivity contribution in [1.29, 1.82) is 0 Å². The lowest BCUT2D eigenvalue weighted by Crippen LogP contribution is -2.34. The van der Waals surface area contributed by atoms with Crippen molar-refractivity contribution in [2.45, 2.75) is 12.8 Å². The molecule has 18 heavy (non-hydrogen) atoms. The van der Waals surface area contributed by atoms with Crippen molar-refractivity contribution in [3.05, 3.63) is 24.3 Å². The van der Waals surface area contributed by atoms with Crippen molar-refractivity contribution in [3.8, 4) is 5.75 Å². The maximum absolute atomic E-state index is 11.6. The van der Waals surface area contributed by atoms with Crippen LogP contribution >= 0.6 is 0 Å². The van der Waals surface area contributed by atoms with Crippen molar-refractivity contribution in [1.82, 2.24) is 5.43 Å². The van der Waals surface area contributed by atoms with E-state index in [1.165, 1.54) is 0 Å². The van der Waals surface area contributed by atoms with E-state index in [1.807, 2.05) is 11.5 Å². The molecule has 1 heterocycles. The van der Waals surface area contributed by atoms with E-state index < -0.39 is 5.91 Å². The summed E-state index contributed by atoms with van der Waals surface area (Å²) in [6.45, 7) is 0.583. The average molecular weight is 249 g/mol. The highest BCUT2D eigenvalue weighted by atomic mass is 16.5. The van der Waals surface area contributed by atoms with E-state index in [1.54, 1.807) is 23.1 Å². The molecule has 1 saturated heterocycles. The van der Waals surface area contributed by atoms with Gasteiger partial charge >= 0.3 is 0 Å². The minimum Gasteiger partial charge on any atom is -0.484 e. The molecule has 6 heteroatoms. The van der Waals surface area contributed by atoms with Gasteiger partial charge in [-0.2, -0.15) is 0 Å². The molecular formula is C12H15N3O3. The van der Waals surface area contributed by atoms with Gasteiger partial charge in [0.15, 0.2) is 6.61 Å². The lowest BCUT2D eigenvalue weighted by molar-refractivity contribution is -0.123. The number of carbonyl (C=O) groups excluding carboxylic acids is 2. The summed E-state index contributed by atoms with van der Waals surface area (Å²) in [7, 11) is 0. The summed E-state index contributed by atoms with van der Waals surface area (Å²) in [6, 6.07) is 7.11. The van der Waals surface area contributed by atoms with Crippen LogP contribution in [-0.2, 0) is 9.59 Å². The van der Waals surface area contributed by atoms with Gasteiger partial charge in [-0.1, -0.05) is 6.07 Å². The molecule has 1 fully saturated rings. The fourth-order valence-corrected chi connectivity index (χ4v) is 1.85. The van der Waals surface area contributed by atoms with Crippen molar-refractivity contribution in [3.63, 3.8) is 0 Å². The quantitative estimate of drug-likeness (QED) is 0.453. The topological polar surface area (TPSA) is 84.7 Å². The molecule has 96 valence electrons. The van der Waals surface area contributed by atoms with Crippen LogP contribution in [0.3, 0.4) is 0 Å². The second-order valence-corrected chi connectivity index (χ2v) is 4.00. The number of hydrogen-bond donors (Lipinski definition) is 2. The molecule has 1 aliphatic heterocycles. The first-order valence-corrected chi connectivity index (χ1v) is 5.73. The second kappa shape index (κ2) is 5.50. The van der Waals surface area contributed by atoms with E-state index >= 15 is 0 Å². The van der Waals surface area contributed by atoms with E-state index in [0.717, 1.165) is 18.7 Å². The molecule has 0 radical (unpaired) electrons. The number of nitrogens with two attached hydrogens (primary N) is 1. The van der Waals surface area contributed by atoms with E-state index in [4.69, 9.17) is 10.6 Å². The molecule has 3 N–H and O–H groups in total. The average Bonchev–Trinajstić information content (AvgIpc) is 2.82. The number of rotatable bonds is 4. The molecule has 2 amide bonds. The summed E-state index contributed by atoms with van der Waals surface area (Å²) in [5, 5.41) is 0. The van der Waals surface area contributed by atoms with Crippen LogP contribution in [0.4, 0.5) is 5.69 Å². The van der Waals surface area contributed by atoms with Crippen molar-refractivity contribution in [2.24, 2.45) is 5.84 Å². The Balaban J connectivity index is 2.05. The Bertz CT molecular complexity index is 462. The number of ether oxygens (including phenoxy) is 1. The van der Waals surface area contributed by atoms with Gasteiger partial charge in [-0.05, 0) is 18.6 Å². The van der Waals surface area contributed by atoms with Crippen molar-refractivity contribution < 1.29 is 14.3 Å². The summed E-state index contributed by atoms with van der Waals surface area (Å²) in [4.78, 5) is 24.3. The third kappa shape index (κ3) is 2.78. The highest BCUT2D eigenvalue weighted by Gasteiger charge is 2.21. The molecular weight excluding hydrogens is 234 g/mol. The molecule has 0 bridgehead atoms. The van der Waals surface area contributed by atoms with Gasteiger partial charge in [-0.3, -0.25) is 15.0 Å². The summed E-state index contributed by atoms with van der Waals surface area (Å²) in [5.74, 6) is 5.20. The zero-order valence-electron chi connectivity index (χ0n) is 9.89. The Hall–Kier alpha value is -2.08. The molecule has 2 rings (SSSR count). The van der Waals surface area contributed by atoms with Gasteiger partial charge in [0.2, 0.25) is 5.91 Å². The van der Waals surface area contributed by atoms with Crippen LogP contribution in [-0.4, -0.2) is 25.0 Å². The molecule has 0 saturated carbocycles. The Morgan fingerprint density at radius 1 is 1.50 bits per heavy atom. The van der Waals surface area contributed by atoms with Crippen molar-refractivity contribution in [2.75, 3.05) is 18.1 Å². The number of hydrazine groups is 1. The first kappa shape index (κ1) is 12.4. The van der Waals surface area contributed by atoms with E-state index in [-0.39, 0.29) is 12.5 Å². The highest BCUT2D eigenvalue weighted by molar-refractivity contribution is 5.95. The summed E-state index contributed by atoms with van der Waals surface area (Å²) in [5.41, 5.74) is 2.78. The first-order chi connectivity index (χ1) is 8.70. The third-order valence-electron chi connectivity index (χ3n) is 2.73. The Labute approximate surface area is 105 Å². The van der Waals surface area contributed by atoms with Gasteiger partial charge in [0.05, 0.1) is 0 Å². The predicted octanol–water partition coefficient (Wildman–Crippen LogP) is 0.182. The Morgan fingerprint density at radius 2 is 2.33 bits per heavy atom. The van der Waals surface area contributed by atoms with Crippen LogP contribution in [0.1, 0.15) is 12.8 Å². The van der Waals surface area contributed by atoms with Crippen LogP contribution in [0.5, 0.6) is 5.75 Å². The maximum Gasteiger partial charge on any atom is 0.271 e. The molecule has 1 aliphatic rings. The maximum atomic E-state index is 11.6. The monoisotopic (exact) mass is 249 g/mol. The second-order valence-electron chi connectivity index (χ2n) is 4.00. The van der Waals surface area contributed by atoms with Crippen LogP contribution in [0.2, 0.25) is 0 Å². The fraction of sp³-hybridized carbons (Fsp3) is 0.333. The molecule has 0 atom stereocenters. The normalized spacial score (nSPS) is 14.7. The first-order valence-electron chi connectivity index (χ1n) is 5.73. The van der Waals surface area contributed by atoms with Crippen LogP contribution in [0.15, 0.2) is 24.3 Å². The zero-order valence-corrected chi connectivity index (χ0v) is 9.89. The fourth-order valence-electron chi connectivity index (χ4n) is 1.85. The van der Waals surface area contributed by atoms with E-state index in [2.05, 4.69) is 0 Å². The lowest BCUT2D eigenvalue weighted by atomic mass is 10.3. The Kier molecular flexibility index (Phi) is 3.78. The molecule has 0 unspecified atom stereocenters. The molecule has 6 nitrogen and oxygen atoms in total. The van der Waals surface area contributed by atoms with Crippen LogP contribution in [0, 0.1) is 0 Å². The number of benzene rings is 1. The largest absolute Gasteiger partial charge is 0.484 e. The molecule has 0 aromatic heterocycles. The summed E-state index contributed by atoms with van der Waals surface area (Å²) >= 11 is 0. The van der Waals surface area contributed by atoms with E-state index in [9.17, 15) is 9.59 Å². The number of hydrogen-bond acceptors (Lipinski definition) is 4. The van der Waals surface area contributed by atoms with Crippen molar-refractivity contribution >= 4 is 17.5 Å². The van der Waals surface area contributed by atoms with Crippen LogP contribution in [0.25, 0.3) is 0 Å². The Morgan fingerprint density at radius 3 is 3.00 bits per heavy atom. The van der Waals surface area contributed by atoms with Gasteiger partial charge in [0.1, 0.15) is 5.75 Å². The number of carbonyl (C=O) groups is 2. The highest BCUT2D eigenvalue weighted by Crippen LogP contribution is 2.25. The molecule has 1 aromatic carbocycles. The lowest BCUT2D eigenvalue weighted by Gasteiger charge is -2.16. The number of amides is 2. The molecule has 0 aliphatic carbocycles. The number of anilines is 1. The number of nitrogens with one attached hydrogen (secondary N) is 1. The van der Waals surface area contributed by atoms with Crippen LogP contribution < -0.4 is 20.9 Å². The number of nitrogens with zero attached hydrogens (tertiary/aromatic N) is 1. The minimum absolute atomic E-state index is 0.117. The van der Waals surface area contributed by atoms with E-state index in [0.29, 0.717) is 12.2 Å². The van der Waals surface area contributed by atoms with Gasteiger partial charge in [-0.15, -0.1) is 0 Å². The summed E-state index contributed by atoms with van der Waals surface area (Å²) < 4.78 is 5.26. The zero-order chi connectivity index (χ0) is 13.0.